The van der Waals surface area contributed by atoms with E-state index in [2.05, 4.69) is 5.32 Å². The van der Waals surface area contributed by atoms with Crippen LogP contribution in [0.5, 0.6) is 5.75 Å². The zero-order chi connectivity index (χ0) is 13.0. The summed E-state index contributed by atoms with van der Waals surface area (Å²) >= 11 is 0. The van der Waals surface area contributed by atoms with Crippen molar-refractivity contribution in [2.75, 3.05) is 13.7 Å². The number of carbonyl (C=O) groups is 1. The van der Waals surface area contributed by atoms with Crippen LogP contribution in [-0.4, -0.2) is 25.5 Å². The summed E-state index contributed by atoms with van der Waals surface area (Å²) in [6.45, 7) is 2.39. The third-order valence-electron chi connectivity index (χ3n) is 3.64. The SMILES string of the molecule is COc1ccc(C(=O)CNC2CCCC2)c(C)c1. The summed E-state index contributed by atoms with van der Waals surface area (Å²) in [7, 11) is 1.64. The summed E-state index contributed by atoms with van der Waals surface area (Å²) < 4.78 is 5.14. The van der Waals surface area contributed by atoms with E-state index in [4.69, 9.17) is 4.74 Å². The molecule has 0 radical (unpaired) electrons. The van der Waals surface area contributed by atoms with Crippen LogP contribution in [0.4, 0.5) is 0 Å². The highest BCUT2D eigenvalue weighted by molar-refractivity contribution is 5.99. The first kappa shape index (κ1) is 13.1. The maximum atomic E-state index is 12.1. The van der Waals surface area contributed by atoms with Gasteiger partial charge in [-0.1, -0.05) is 12.8 Å². The molecule has 1 aromatic carbocycles. The molecule has 0 atom stereocenters. The summed E-state index contributed by atoms with van der Waals surface area (Å²) in [6, 6.07) is 6.14. The number of rotatable bonds is 5. The fourth-order valence-electron chi connectivity index (χ4n) is 2.54. The molecule has 0 spiro atoms. The van der Waals surface area contributed by atoms with E-state index in [1.807, 2.05) is 25.1 Å². The van der Waals surface area contributed by atoms with E-state index in [1.165, 1.54) is 25.7 Å². The minimum Gasteiger partial charge on any atom is -0.497 e. The Kier molecular flexibility index (Phi) is 4.37. The van der Waals surface area contributed by atoms with Gasteiger partial charge in [0.15, 0.2) is 5.78 Å². The Morgan fingerprint density at radius 2 is 2.11 bits per heavy atom. The molecule has 1 aromatic rings. The maximum absolute atomic E-state index is 12.1. The Morgan fingerprint density at radius 1 is 1.39 bits per heavy atom. The van der Waals surface area contributed by atoms with Gasteiger partial charge in [0.25, 0.3) is 0 Å². The summed E-state index contributed by atoms with van der Waals surface area (Å²) in [5, 5.41) is 3.35. The second-order valence-corrected chi connectivity index (χ2v) is 4.97. The van der Waals surface area contributed by atoms with Gasteiger partial charge in [-0.05, 0) is 43.5 Å². The normalized spacial score (nSPS) is 15.9. The molecule has 1 N–H and O–H groups in total. The van der Waals surface area contributed by atoms with Crippen molar-refractivity contribution >= 4 is 5.78 Å². The van der Waals surface area contributed by atoms with E-state index in [-0.39, 0.29) is 5.78 Å². The summed E-state index contributed by atoms with van der Waals surface area (Å²) in [5.41, 5.74) is 1.77. The molecule has 1 saturated carbocycles. The van der Waals surface area contributed by atoms with Crippen LogP contribution >= 0.6 is 0 Å². The van der Waals surface area contributed by atoms with Crippen molar-refractivity contribution in [3.63, 3.8) is 0 Å². The molecule has 98 valence electrons. The van der Waals surface area contributed by atoms with Crippen molar-refractivity contribution in [3.05, 3.63) is 29.3 Å². The molecular weight excluding hydrogens is 226 g/mol. The van der Waals surface area contributed by atoms with Gasteiger partial charge in [-0.3, -0.25) is 4.79 Å². The van der Waals surface area contributed by atoms with E-state index >= 15 is 0 Å². The molecule has 0 amide bonds. The van der Waals surface area contributed by atoms with Gasteiger partial charge < -0.3 is 10.1 Å². The Balaban J connectivity index is 1.95. The fourth-order valence-corrected chi connectivity index (χ4v) is 2.54. The van der Waals surface area contributed by atoms with Crippen LogP contribution < -0.4 is 10.1 Å². The number of methoxy groups -OCH3 is 1. The van der Waals surface area contributed by atoms with Crippen molar-refractivity contribution in [2.45, 2.75) is 38.6 Å². The highest BCUT2D eigenvalue weighted by Crippen LogP contribution is 2.19. The quantitative estimate of drug-likeness (QED) is 0.813. The van der Waals surface area contributed by atoms with E-state index in [9.17, 15) is 4.79 Å². The molecule has 3 heteroatoms. The van der Waals surface area contributed by atoms with Crippen molar-refractivity contribution in [1.82, 2.24) is 5.32 Å². The van der Waals surface area contributed by atoms with Crippen molar-refractivity contribution in [2.24, 2.45) is 0 Å². The standard InChI is InChI=1S/C15H21NO2/c1-11-9-13(18-2)7-8-14(11)15(17)10-16-12-5-3-4-6-12/h7-9,12,16H,3-6,10H2,1-2H3. The first-order valence-corrected chi connectivity index (χ1v) is 6.62. The van der Waals surface area contributed by atoms with E-state index < -0.39 is 0 Å². The zero-order valence-electron chi connectivity index (χ0n) is 11.2. The van der Waals surface area contributed by atoms with Crippen LogP contribution in [0.25, 0.3) is 0 Å². The number of ketones is 1. The minimum atomic E-state index is 0.169. The fraction of sp³-hybridized carbons (Fsp3) is 0.533. The third kappa shape index (κ3) is 3.10. The number of hydrogen-bond donors (Lipinski definition) is 1. The first-order chi connectivity index (χ1) is 8.70. The van der Waals surface area contributed by atoms with Gasteiger partial charge in [0.2, 0.25) is 0 Å². The van der Waals surface area contributed by atoms with Crippen molar-refractivity contribution in [3.8, 4) is 5.75 Å². The van der Waals surface area contributed by atoms with Gasteiger partial charge in [0.1, 0.15) is 5.75 Å². The second-order valence-electron chi connectivity index (χ2n) is 4.97. The average Bonchev–Trinajstić information content (AvgIpc) is 2.88. The van der Waals surface area contributed by atoms with Crippen LogP contribution in [-0.2, 0) is 0 Å². The lowest BCUT2D eigenvalue weighted by Gasteiger charge is -2.12. The maximum Gasteiger partial charge on any atom is 0.176 e. The Labute approximate surface area is 109 Å². The molecule has 0 unspecified atom stereocenters. The molecule has 0 bridgehead atoms. The van der Waals surface area contributed by atoms with Gasteiger partial charge in [-0.15, -0.1) is 0 Å². The largest absolute Gasteiger partial charge is 0.497 e. The highest BCUT2D eigenvalue weighted by Gasteiger charge is 2.16. The van der Waals surface area contributed by atoms with Crippen molar-refractivity contribution in [1.29, 1.82) is 0 Å². The number of benzene rings is 1. The molecule has 2 rings (SSSR count). The van der Waals surface area contributed by atoms with Crippen LogP contribution in [0.2, 0.25) is 0 Å². The lowest BCUT2D eigenvalue weighted by molar-refractivity contribution is 0.0986. The molecule has 1 fully saturated rings. The molecule has 3 nitrogen and oxygen atoms in total. The number of aryl methyl sites for hydroxylation is 1. The second kappa shape index (κ2) is 6.01. The molecule has 1 aliphatic carbocycles. The van der Waals surface area contributed by atoms with Crippen LogP contribution in [0.3, 0.4) is 0 Å². The molecular formula is C15H21NO2. The van der Waals surface area contributed by atoms with Crippen LogP contribution in [0.1, 0.15) is 41.6 Å². The predicted octanol–water partition coefficient (Wildman–Crippen LogP) is 2.72. The Hall–Kier alpha value is -1.35. The topological polar surface area (TPSA) is 38.3 Å². The van der Waals surface area contributed by atoms with E-state index in [1.54, 1.807) is 7.11 Å². The first-order valence-electron chi connectivity index (χ1n) is 6.62. The van der Waals surface area contributed by atoms with Gasteiger partial charge in [0.05, 0.1) is 13.7 Å². The smallest absolute Gasteiger partial charge is 0.176 e. The lowest BCUT2D eigenvalue weighted by atomic mass is 10.0. The molecule has 1 aliphatic rings. The number of ether oxygens (including phenoxy) is 1. The average molecular weight is 247 g/mol. The van der Waals surface area contributed by atoms with E-state index in [0.717, 1.165) is 16.9 Å². The molecule has 18 heavy (non-hydrogen) atoms. The van der Waals surface area contributed by atoms with E-state index in [0.29, 0.717) is 12.6 Å². The van der Waals surface area contributed by atoms with Gasteiger partial charge in [-0.25, -0.2) is 0 Å². The summed E-state index contributed by atoms with van der Waals surface area (Å²) in [4.78, 5) is 12.1. The lowest BCUT2D eigenvalue weighted by Crippen LogP contribution is -2.31. The molecule has 0 saturated heterocycles. The summed E-state index contributed by atoms with van der Waals surface area (Å²) in [5.74, 6) is 0.967. The predicted molar refractivity (Wildman–Crippen MR) is 72.3 cm³/mol. The summed E-state index contributed by atoms with van der Waals surface area (Å²) in [6.07, 6.45) is 4.98. The Bertz CT molecular complexity index is 423. The van der Waals surface area contributed by atoms with Gasteiger partial charge in [-0.2, -0.15) is 0 Å². The number of hydrogen-bond acceptors (Lipinski definition) is 3. The molecule has 0 aliphatic heterocycles. The van der Waals surface area contributed by atoms with Gasteiger partial charge >= 0.3 is 0 Å². The third-order valence-corrected chi connectivity index (χ3v) is 3.64. The number of Topliss-reactive ketones (excluding diaryl/α,β-unsaturated/α-hetero) is 1. The number of nitrogens with one attached hydrogen (secondary N) is 1. The van der Waals surface area contributed by atoms with Crippen LogP contribution in [0.15, 0.2) is 18.2 Å². The highest BCUT2D eigenvalue weighted by atomic mass is 16.5. The number of carbonyl (C=O) groups excluding carboxylic acids is 1. The van der Waals surface area contributed by atoms with Crippen molar-refractivity contribution < 1.29 is 9.53 Å². The zero-order valence-corrected chi connectivity index (χ0v) is 11.2. The Morgan fingerprint density at radius 3 is 2.72 bits per heavy atom. The molecule has 0 heterocycles. The minimum absolute atomic E-state index is 0.169. The van der Waals surface area contributed by atoms with Gasteiger partial charge in [0, 0.05) is 11.6 Å². The molecule has 0 aromatic heterocycles. The monoisotopic (exact) mass is 247 g/mol. The van der Waals surface area contributed by atoms with Crippen LogP contribution in [0, 0.1) is 6.92 Å².